The van der Waals surface area contributed by atoms with Crippen molar-refractivity contribution in [2.45, 2.75) is 6.92 Å². The molecule has 3 heteroatoms. The van der Waals surface area contributed by atoms with Gasteiger partial charge in [-0.2, -0.15) is 0 Å². The van der Waals surface area contributed by atoms with Gasteiger partial charge in [0.05, 0.1) is 0 Å². The summed E-state index contributed by atoms with van der Waals surface area (Å²) in [6.07, 6.45) is 0. The molecule has 0 bridgehead atoms. The van der Waals surface area contributed by atoms with Crippen molar-refractivity contribution in [1.82, 2.24) is 0 Å². The summed E-state index contributed by atoms with van der Waals surface area (Å²) < 4.78 is 12.7. The van der Waals surface area contributed by atoms with E-state index < -0.39 is 0 Å². The van der Waals surface area contributed by atoms with Gasteiger partial charge in [-0.15, -0.1) is 0 Å². The zero-order valence-corrected chi connectivity index (χ0v) is 5.69. The number of nitrogen functional groups attached to an aromatic ring is 2. The summed E-state index contributed by atoms with van der Waals surface area (Å²) >= 11 is 0. The van der Waals surface area contributed by atoms with Crippen molar-refractivity contribution < 1.29 is 4.39 Å². The fourth-order valence-corrected chi connectivity index (χ4v) is 0.722. The molecule has 0 heterocycles. The molecular weight excluding hydrogens is 131 g/mol. The van der Waals surface area contributed by atoms with Crippen LogP contribution in [0.15, 0.2) is 12.1 Å². The normalized spacial score (nSPS) is 9.80. The van der Waals surface area contributed by atoms with E-state index in [1.807, 2.05) is 0 Å². The van der Waals surface area contributed by atoms with Crippen LogP contribution >= 0.6 is 0 Å². The van der Waals surface area contributed by atoms with Gasteiger partial charge in [0.2, 0.25) is 0 Å². The number of hydrogen-bond donors (Lipinski definition) is 2. The number of nitrogens with two attached hydrogens (primary N) is 2. The summed E-state index contributed by atoms with van der Waals surface area (Å²) in [6.45, 7) is 1.62. The molecule has 0 aliphatic rings. The Morgan fingerprint density at radius 1 is 1.30 bits per heavy atom. The SMILES string of the molecule is Cc1c(N)cc(N)cc1F. The fraction of sp³-hybridized carbons (Fsp3) is 0.143. The number of halogens is 1. The summed E-state index contributed by atoms with van der Waals surface area (Å²) in [6, 6.07) is 2.80. The number of hydrogen-bond acceptors (Lipinski definition) is 2. The second-order valence-corrected chi connectivity index (χ2v) is 2.22. The molecule has 1 rings (SSSR count). The van der Waals surface area contributed by atoms with E-state index in [1.54, 1.807) is 13.0 Å². The minimum absolute atomic E-state index is 0.350. The Kier molecular flexibility index (Phi) is 1.49. The Morgan fingerprint density at radius 2 is 1.90 bits per heavy atom. The summed E-state index contributed by atoms with van der Waals surface area (Å²) in [5, 5.41) is 0. The maximum absolute atomic E-state index is 12.7. The van der Waals surface area contributed by atoms with Crippen LogP contribution in [0.1, 0.15) is 5.56 Å². The molecule has 0 aliphatic heterocycles. The first-order valence-electron chi connectivity index (χ1n) is 2.92. The van der Waals surface area contributed by atoms with Gasteiger partial charge in [0.1, 0.15) is 5.82 Å². The largest absolute Gasteiger partial charge is 0.399 e. The quantitative estimate of drug-likeness (QED) is 0.533. The third-order valence-corrected chi connectivity index (χ3v) is 1.41. The second-order valence-electron chi connectivity index (χ2n) is 2.22. The third kappa shape index (κ3) is 1.03. The summed E-state index contributed by atoms with van der Waals surface area (Å²) in [5.41, 5.74) is 11.9. The van der Waals surface area contributed by atoms with Crippen molar-refractivity contribution in [2.24, 2.45) is 0 Å². The molecule has 0 unspecified atom stereocenters. The molecule has 10 heavy (non-hydrogen) atoms. The van der Waals surface area contributed by atoms with Crippen molar-refractivity contribution >= 4 is 11.4 Å². The smallest absolute Gasteiger partial charge is 0.130 e. The maximum atomic E-state index is 12.7. The minimum Gasteiger partial charge on any atom is -0.399 e. The van der Waals surface area contributed by atoms with Crippen molar-refractivity contribution in [3.8, 4) is 0 Å². The number of anilines is 2. The minimum atomic E-state index is -0.350. The topological polar surface area (TPSA) is 52.0 Å². The van der Waals surface area contributed by atoms with Gasteiger partial charge in [0.25, 0.3) is 0 Å². The Labute approximate surface area is 58.6 Å². The van der Waals surface area contributed by atoms with Crippen LogP contribution in [0.5, 0.6) is 0 Å². The first-order chi connectivity index (χ1) is 4.61. The third-order valence-electron chi connectivity index (χ3n) is 1.41. The van der Waals surface area contributed by atoms with Crippen LogP contribution in [-0.2, 0) is 0 Å². The van der Waals surface area contributed by atoms with Gasteiger partial charge in [0, 0.05) is 16.9 Å². The highest BCUT2D eigenvalue weighted by atomic mass is 19.1. The summed E-state index contributed by atoms with van der Waals surface area (Å²) in [4.78, 5) is 0. The van der Waals surface area contributed by atoms with E-state index in [0.29, 0.717) is 16.9 Å². The van der Waals surface area contributed by atoms with Crippen LogP contribution in [0.2, 0.25) is 0 Å². The average molecular weight is 140 g/mol. The monoisotopic (exact) mass is 140 g/mol. The van der Waals surface area contributed by atoms with Gasteiger partial charge in [0.15, 0.2) is 0 Å². The predicted molar refractivity (Wildman–Crippen MR) is 40.0 cm³/mol. The molecule has 1 aromatic carbocycles. The van der Waals surface area contributed by atoms with E-state index in [1.165, 1.54) is 6.07 Å². The Morgan fingerprint density at radius 3 is 2.40 bits per heavy atom. The molecule has 0 saturated heterocycles. The van der Waals surface area contributed by atoms with Gasteiger partial charge in [-0.3, -0.25) is 0 Å². The first-order valence-corrected chi connectivity index (χ1v) is 2.92. The Hall–Kier alpha value is -1.25. The summed E-state index contributed by atoms with van der Waals surface area (Å²) in [5.74, 6) is -0.350. The van der Waals surface area contributed by atoms with Crippen molar-refractivity contribution in [1.29, 1.82) is 0 Å². The second kappa shape index (κ2) is 2.17. The van der Waals surface area contributed by atoms with Crippen LogP contribution in [-0.4, -0.2) is 0 Å². The molecule has 0 fully saturated rings. The average Bonchev–Trinajstić information content (AvgIpc) is 1.82. The lowest BCUT2D eigenvalue weighted by molar-refractivity contribution is 0.620. The molecule has 0 aromatic heterocycles. The molecule has 0 saturated carbocycles. The van der Waals surface area contributed by atoms with Gasteiger partial charge >= 0.3 is 0 Å². The molecule has 54 valence electrons. The highest BCUT2D eigenvalue weighted by Crippen LogP contribution is 2.18. The fourth-order valence-electron chi connectivity index (χ4n) is 0.722. The van der Waals surface area contributed by atoms with Crippen LogP contribution in [0.3, 0.4) is 0 Å². The first kappa shape index (κ1) is 6.86. The Balaban J connectivity index is 3.31. The van der Waals surface area contributed by atoms with Gasteiger partial charge in [-0.25, -0.2) is 4.39 Å². The molecular formula is C7H9FN2. The van der Waals surface area contributed by atoms with Gasteiger partial charge in [-0.05, 0) is 19.1 Å². The van der Waals surface area contributed by atoms with E-state index in [2.05, 4.69) is 0 Å². The van der Waals surface area contributed by atoms with Crippen LogP contribution < -0.4 is 11.5 Å². The lowest BCUT2D eigenvalue weighted by Crippen LogP contribution is -1.95. The van der Waals surface area contributed by atoms with Crippen LogP contribution in [0.25, 0.3) is 0 Å². The van der Waals surface area contributed by atoms with E-state index in [4.69, 9.17) is 11.5 Å². The van der Waals surface area contributed by atoms with Crippen molar-refractivity contribution in [3.05, 3.63) is 23.5 Å². The molecule has 0 amide bonds. The highest BCUT2D eigenvalue weighted by Gasteiger charge is 2.00. The maximum Gasteiger partial charge on any atom is 0.130 e. The van der Waals surface area contributed by atoms with E-state index >= 15 is 0 Å². The molecule has 0 atom stereocenters. The summed E-state index contributed by atoms with van der Waals surface area (Å²) in [7, 11) is 0. The van der Waals surface area contributed by atoms with Crippen LogP contribution in [0, 0.1) is 12.7 Å². The van der Waals surface area contributed by atoms with Gasteiger partial charge in [-0.1, -0.05) is 0 Å². The van der Waals surface area contributed by atoms with Crippen LogP contribution in [0.4, 0.5) is 15.8 Å². The molecule has 0 radical (unpaired) electrons. The Bertz CT molecular complexity index is 235. The molecule has 0 spiro atoms. The predicted octanol–water partition coefficient (Wildman–Crippen LogP) is 1.30. The van der Waals surface area contributed by atoms with Crippen molar-refractivity contribution in [2.75, 3.05) is 11.5 Å². The zero-order chi connectivity index (χ0) is 7.72. The van der Waals surface area contributed by atoms with E-state index in [9.17, 15) is 4.39 Å². The van der Waals surface area contributed by atoms with E-state index in [0.717, 1.165) is 0 Å². The van der Waals surface area contributed by atoms with Crippen molar-refractivity contribution in [3.63, 3.8) is 0 Å². The molecule has 1 aromatic rings. The lowest BCUT2D eigenvalue weighted by Gasteiger charge is -2.01. The highest BCUT2D eigenvalue weighted by molar-refractivity contribution is 5.56. The molecule has 0 aliphatic carbocycles. The van der Waals surface area contributed by atoms with Gasteiger partial charge < -0.3 is 11.5 Å². The zero-order valence-electron chi connectivity index (χ0n) is 5.69. The molecule has 4 N–H and O–H groups in total. The standard InChI is InChI=1S/C7H9FN2/c1-4-6(8)2-5(9)3-7(4)10/h2-3H,9-10H2,1H3. The lowest BCUT2D eigenvalue weighted by atomic mass is 10.2. The molecule has 2 nitrogen and oxygen atoms in total. The number of rotatable bonds is 0. The van der Waals surface area contributed by atoms with E-state index in [-0.39, 0.29) is 5.82 Å². The number of benzene rings is 1.